The Hall–Kier alpha value is -2.38. The highest BCUT2D eigenvalue weighted by atomic mass is 79.9. The summed E-state index contributed by atoms with van der Waals surface area (Å²) in [6.07, 6.45) is 0.410. The van der Waals surface area contributed by atoms with Crippen LogP contribution in [0.25, 0.3) is 10.8 Å². The third kappa shape index (κ3) is 2.89. The molecule has 0 aromatic heterocycles. The fourth-order valence-corrected chi connectivity index (χ4v) is 5.41. The molecule has 7 heteroatoms. The van der Waals surface area contributed by atoms with Crippen molar-refractivity contribution in [3.8, 4) is 5.75 Å². The summed E-state index contributed by atoms with van der Waals surface area (Å²) in [7, 11) is -4.05. The van der Waals surface area contributed by atoms with Gasteiger partial charge in [0.25, 0.3) is 10.0 Å². The maximum absolute atomic E-state index is 13.2. The lowest BCUT2D eigenvalue weighted by Crippen LogP contribution is -2.47. The van der Waals surface area contributed by atoms with Crippen molar-refractivity contribution in [3.63, 3.8) is 0 Å². The van der Waals surface area contributed by atoms with E-state index < -0.39 is 21.3 Å². The van der Waals surface area contributed by atoms with Crippen LogP contribution in [0.2, 0.25) is 0 Å². The summed E-state index contributed by atoms with van der Waals surface area (Å²) in [5.74, 6) is 0.00171. The second kappa shape index (κ2) is 6.90. The third-order valence-corrected chi connectivity index (χ3v) is 7.26. The van der Waals surface area contributed by atoms with Crippen molar-refractivity contribution in [1.29, 1.82) is 0 Å². The normalized spacial score (nSPS) is 18.5. The predicted molar refractivity (Wildman–Crippen MR) is 111 cm³/mol. The fraction of sp³-hybridized carbons (Fsp3) is 0.190. The van der Waals surface area contributed by atoms with Crippen molar-refractivity contribution in [2.75, 3.05) is 6.61 Å². The smallest absolute Gasteiger partial charge is 0.264 e. The molecule has 1 amide bonds. The molecule has 3 aromatic rings. The molecule has 1 atom stereocenters. The molecule has 4 rings (SSSR count). The number of hydrogen-bond donors (Lipinski definition) is 1. The molecule has 0 bridgehead atoms. The number of nitrogens with one attached hydrogen (secondary N) is 1. The van der Waals surface area contributed by atoms with Crippen LogP contribution in [0.4, 0.5) is 0 Å². The van der Waals surface area contributed by atoms with E-state index in [9.17, 15) is 13.2 Å². The zero-order valence-electron chi connectivity index (χ0n) is 15.1. The van der Waals surface area contributed by atoms with Crippen LogP contribution in [-0.4, -0.2) is 20.9 Å². The van der Waals surface area contributed by atoms with E-state index in [1.54, 1.807) is 24.3 Å². The second-order valence-electron chi connectivity index (χ2n) is 6.75. The molecule has 1 aliphatic heterocycles. The van der Waals surface area contributed by atoms with E-state index in [1.165, 1.54) is 6.07 Å². The average molecular weight is 460 g/mol. The van der Waals surface area contributed by atoms with Gasteiger partial charge in [-0.3, -0.25) is 4.79 Å². The van der Waals surface area contributed by atoms with Gasteiger partial charge in [-0.25, -0.2) is 13.1 Å². The summed E-state index contributed by atoms with van der Waals surface area (Å²) in [5.41, 5.74) is -0.369. The van der Waals surface area contributed by atoms with Crippen molar-refractivity contribution in [3.05, 3.63) is 70.7 Å². The predicted octanol–water partition coefficient (Wildman–Crippen LogP) is 4.15. The highest BCUT2D eigenvalue weighted by Crippen LogP contribution is 2.45. The Labute approximate surface area is 171 Å². The number of fused-ring (bicyclic) bond motifs is 2. The van der Waals surface area contributed by atoms with Crippen LogP contribution in [-0.2, 0) is 20.2 Å². The van der Waals surface area contributed by atoms with Crippen molar-refractivity contribution < 1.29 is 17.9 Å². The number of carbonyl (C=O) groups is 1. The van der Waals surface area contributed by atoms with Crippen molar-refractivity contribution in [2.45, 2.75) is 23.7 Å². The van der Waals surface area contributed by atoms with E-state index in [4.69, 9.17) is 4.74 Å². The zero-order chi connectivity index (χ0) is 19.9. The number of rotatable bonds is 4. The Bertz CT molecular complexity index is 1190. The van der Waals surface area contributed by atoms with Crippen LogP contribution in [0.15, 0.2) is 70.0 Å². The quantitative estimate of drug-likeness (QED) is 0.635. The molecular weight excluding hydrogens is 442 g/mol. The molecule has 144 valence electrons. The van der Waals surface area contributed by atoms with Crippen LogP contribution in [0.1, 0.15) is 18.9 Å². The maximum Gasteiger partial charge on any atom is 0.264 e. The molecule has 1 aliphatic rings. The van der Waals surface area contributed by atoms with Gasteiger partial charge in [-0.15, -0.1) is 0 Å². The molecule has 0 unspecified atom stereocenters. The minimum Gasteiger partial charge on any atom is -0.491 e. The minimum atomic E-state index is -4.05. The molecule has 0 saturated carbocycles. The first-order valence-electron chi connectivity index (χ1n) is 8.86. The van der Waals surface area contributed by atoms with Crippen LogP contribution in [0.5, 0.6) is 5.75 Å². The Morgan fingerprint density at radius 3 is 2.61 bits per heavy atom. The monoisotopic (exact) mass is 459 g/mol. The van der Waals surface area contributed by atoms with Gasteiger partial charge in [0.15, 0.2) is 0 Å². The lowest BCUT2D eigenvalue weighted by atomic mass is 9.79. The van der Waals surface area contributed by atoms with Crippen LogP contribution >= 0.6 is 15.9 Å². The van der Waals surface area contributed by atoms with Gasteiger partial charge in [0.1, 0.15) is 17.8 Å². The van der Waals surface area contributed by atoms with Crippen LogP contribution in [0, 0.1) is 0 Å². The van der Waals surface area contributed by atoms with E-state index in [2.05, 4.69) is 20.7 Å². The topological polar surface area (TPSA) is 72.5 Å². The highest BCUT2D eigenvalue weighted by molar-refractivity contribution is 9.10. The first-order chi connectivity index (χ1) is 13.4. The molecule has 0 spiro atoms. The molecule has 0 fully saturated rings. The number of benzene rings is 3. The van der Waals surface area contributed by atoms with E-state index >= 15 is 0 Å². The number of carbonyl (C=O) groups excluding carboxylic acids is 1. The van der Waals surface area contributed by atoms with Gasteiger partial charge in [-0.2, -0.15) is 0 Å². The molecule has 0 saturated heterocycles. The summed E-state index contributed by atoms with van der Waals surface area (Å²) in [6.45, 7) is 1.95. The molecule has 3 aromatic carbocycles. The summed E-state index contributed by atoms with van der Waals surface area (Å²) in [4.78, 5) is 13.3. The van der Waals surface area contributed by atoms with Gasteiger partial charge in [-0.05, 0) is 39.9 Å². The van der Waals surface area contributed by atoms with Gasteiger partial charge in [0.2, 0.25) is 5.91 Å². The van der Waals surface area contributed by atoms with Gasteiger partial charge in [-0.1, -0.05) is 55.5 Å². The summed E-state index contributed by atoms with van der Waals surface area (Å²) < 4.78 is 34.9. The highest BCUT2D eigenvalue weighted by Gasteiger charge is 2.47. The van der Waals surface area contributed by atoms with Crippen molar-refractivity contribution in [1.82, 2.24) is 4.72 Å². The van der Waals surface area contributed by atoms with Crippen LogP contribution in [0.3, 0.4) is 0 Å². The Balaban J connectivity index is 1.75. The summed E-state index contributed by atoms with van der Waals surface area (Å²) in [6, 6.07) is 17.6. The van der Waals surface area contributed by atoms with Gasteiger partial charge in [0, 0.05) is 10.9 Å². The SMILES string of the molecule is CC[C@@]1(C(=O)NS(=O)(=O)c2cccc3ccccc23)COc2c(Br)cccc21. The molecule has 0 aliphatic carbocycles. The number of halogens is 1. The summed E-state index contributed by atoms with van der Waals surface area (Å²) >= 11 is 3.43. The fourth-order valence-electron chi connectivity index (χ4n) is 3.65. The zero-order valence-corrected chi connectivity index (χ0v) is 17.5. The molecule has 0 radical (unpaired) electrons. The Morgan fingerprint density at radius 2 is 1.82 bits per heavy atom. The molecular formula is C21H18BrNO4S. The standard InChI is InChI=1S/C21H18BrNO4S/c1-2-21(13-27-19-16(21)10-6-11-17(19)22)20(24)23-28(25,26)18-12-5-8-14-7-3-4-9-15(14)18/h3-12H,2,13H2,1H3,(H,23,24)/t21-/m1/s1. The second-order valence-corrected chi connectivity index (χ2v) is 9.26. The van der Waals surface area contributed by atoms with Gasteiger partial charge < -0.3 is 4.74 Å². The summed E-state index contributed by atoms with van der Waals surface area (Å²) in [5, 5.41) is 1.36. The average Bonchev–Trinajstić information content (AvgIpc) is 3.08. The number of amides is 1. The largest absolute Gasteiger partial charge is 0.491 e. The van der Waals surface area contributed by atoms with Gasteiger partial charge in [0.05, 0.1) is 9.37 Å². The molecule has 5 nitrogen and oxygen atoms in total. The number of ether oxygens (including phenoxy) is 1. The molecule has 28 heavy (non-hydrogen) atoms. The molecule has 1 N–H and O–H groups in total. The number of sulfonamides is 1. The third-order valence-electron chi connectivity index (χ3n) is 5.25. The Kier molecular flexibility index (Phi) is 4.67. The van der Waals surface area contributed by atoms with E-state index in [-0.39, 0.29) is 11.5 Å². The number of para-hydroxylation sites is 1. The van der Waals surface area contributed by atoms with Crippen LogP contribution < -0.4 is 9.46 Å². The Morgan fingerprint density at radius 1 is 1.11 bits per heavy atom. The van der Waals surface area contributed by atoms with Crippen molar-refractivity contribution >= 4 is 42.6 Å². The lowest BCUT2D eigenvalue weighted by molar-refractivity contribution is -0.125. The van der Waals surface area contributed by atoms with E-state index in [0.717, 1.165) is 9.86 Å². The van der Waals surface area contributed by atoms with Gasteiger partial charge >= 0.3 is 0 Å². The van der Waals surface area contributed by atoms with E-state index in [0.29, 0.717) is 23.1 Å². The lowest BCUT2D eigenvalue weighted by Gasteiger charge is -2.25. The van der Waals surface area contributed by atoms with E-state index in [1.807, 2.05) is 37.3 Å². The number of hydrogen-bond acceptors (Lipinski definition) is 4. The molecule has 1 heterocycles. The minimum absolute atomic E-state index is 0.0820. The first kappa shape index (κ1) is 19.0. The first-order valence-corrected chi connectivity index (χ1v) is 11.1. The maximum atomic E-state index is 13.2. The van der Waals surface area contributed by atoms with Crippen molar-refractivity contribution in [2.24, 2.45) is 0 Å².